The summed E-state index contributed by atoms with van der Waals surface area (Å²) in [6.07, 6.45) is 2.23. The summed E-state index contributed by atoms with van der Waals surface area (Å²) < 4.78 is 28.9. The molecular weight excluding hydrogens is 308 g/mol. The van der Waals surface area contributed by atoms with Gasteiger partial charge in [-0.05, 0) is 12.6 Å². The molecule has 0 spiro atoms. The van der Waals surface area contributed by atoms with Crippen LogP contribution in [0.25, 0.3) is 0 Å². The Bertz CT molecular complexity index is 662. The molecular formula is C13H20N4O2S2. The number of aryl methyl sites for hydroxylation is 1. The predicted molar refractivity (Wildman–Crippen MR) is 83.8 cm³/mol. The molecule has 2 heterocycles. The molecule has 2 N–H and O–H groups in total. The van der Waals surface area contributed by atoms with Gasteiger partial charge in [-0.3, -0.25) is 0 Å². The Balaban J connectivity index is 1.98. The van der Waals surface area contributed by atoms with Crippen LogP contribution in [0, 0.1) is 0 Å². The normalized spacial score (nSPS) is 11.9. The number of thiazole rings is 1. The molecule has 0 radical (unpaired) electrons. The maximum absolute atomic E-state index is 12.2. The highest BCUT2D eigenvalue weighted by atomic mass is 32.2. The van der Waals surface area contributed by atoms with Gasteiger partial charge in [0.05, 0.1) is 16.1 Å². The molecule has 0 aliphatic carbocycles. The molecule has 0 saturated heterocycles. The van der Waals surface area contributed by atoms with E-state index in [1.807, 2.05) is 23.9 Å². The molecule has 0 fully saturated rings. The molecule has 0 saturated carbocycles. The lowest BCUT2D eigenvalue weighted by Crippen LogP contribution is -2.25. The van der Waals surface area contributed by atoms with Crippen molar-refractivity contribution in [1.82, 2.24) is 19.6 Å². The van der Waals surface area contributed by atoms with Gasteiger partial charge in [-0.2, -0.15) is 0 Å². The topological polar surface area (TPSA) is 76.0 Å². The van der Waals surface area contributed by atoms with E-state index >= 15 is 0 Å². The van der Waals surface area contributed by atoms with E-state index in [2.05, 4.69) is 15.0 Å². The third-order valence-corrected chi connectivity index (χ3v) is 5.17. The van der Waals surface area contributed by atoms with Gasteiger partial charge in [0, 0.05) is 43.8 Å². The van der Waals surface area contributed by atoms with Crippen molar-refractivity contribution in [2.75, 3.05) is 13.1 Å². The molecule has 2 aromatic heterocycles. The fourth-order valence-electron chi connectivity index (χ4n) is 1.91. The standard InChI is InChI=1S/C13H20N4O2S2/c1-3-14-7-12-6-13(8-17(12)2)21(18,19)16-5-4-11-9-20-10-15-11/h6,8-10,14,16H,3-5,7H2,1-2H3. The lowest BCUT2D eigenvalue weighted by atomic mass is 10.3. The van der Waals surface area contributed by atoms with Crippen LogP contribution in [0.2, 0.25) is 0 Å². The van der Waals surface area contributed by atoms with E-state index in [1.54, 1.807) is 17.8 Å². The Morgan fingerprint density at radius 3 is 2.90 bits per heavy atom. The molecule has 0 bridgehead atoms. The number of hydrogen-bond donors (Lipinski definition) is 2. The van der Waals surface area contributed by atoms with Crippen molar-refractivity contribution >= 4 is 21.4 Å². The van der Waals surface area contributed by atoms with Gasteiger partial charge in [0.25, 0.3) is 0 Å². The zero-order chi connectivity index (χ0) is 15.3. The lowest BCUT2D eigenvalue weighted by Gasteiger charge is -2.03. The fraction of sp³-hybridized carbons (Fsp3) is 0.462. The number of hydrogen-bond acceptors (Lipinski definition) is 5. The molecule has 0 aromatic carbocycles. The minimum absolute atomic E-state index is 0.302. The van der Waals surface area contributed by atoms with Crippen LogP contribution >= 0.6 is 11.3 Å². The predicted octanol–water partition coefficient (Wildman–Crippen LogP) is 1.11. The lowest BCUT2D eigenvalue weighted by molar-refractivity contribution is 0.581. The first kappa shape index (κ1) is 16.2. The van der Waals surface area contributed by atoms with E-state index in [1.165, 1.54) is 11.3 Å². The van der Waals surface area contributed by atoms with Gasteiger partial charge >= 0.3 is 0 Å². The fourth-order valence-corrected chi connectivity index (χ4v) is 3.63. The Hall–Kier alpha value is -1.22. The van der Waals surface area contributed by atoms with Gasteiger partial charge in [0.1, 0.15) is 0 Å². The van der Waals surface area contributed by atoms with Gasteiger partial charge < -0.3 is 9.88 Å². The molecule has 2 rings (SSSR count). The monoisotopic (exact) mass is 328 g/mol. The van der Waals surface area contributed by atoms with Gasteiger partial charge in [-0.1, -0.05) is 6.92 Å². The van der Waals surface area contributed by atoms with Crippen LogP contribution in [0.15, 0.2) is 28.0 Å². The number of sulfonamides is 1. The smallest absolute Gasteiger partial charge is 0.242 e. The summed E-state index contributed by atoms with van der Waals surface area (Å²) in [5.74, 6) is 0. The first-order chi connectivity index (χ1) is 10.0. The van der Waals surface area contributed by atoms with Crippen molar-refractivity contribution in [3.63, 3.8) is 0 Å². The van der Waals surface area contributed by atoms with Crippen LogP contribution in [0.1, 0.15) is 18.3 Å². The van der Waals surface area contributed by atoms with Gasteiger partial charge in [0.15, 0.2) is 0 Å². The molecule has 116 valence electrons. The van der Waals surface area contributed by atoms with E-state index < -0.39 is 10.0 Å². The van der Waals surface area contributed by atoms with E-state index in [9.17, 15) is 8.42 Å². The van der Waals surface area contributed by atoms with Crippen molar-refractivity contribution < 1.29 is 8.42 Å². The van der Waals surface area contributed by atoms with E-state index in [0.717, 1.165) is 17.9 Å². The Labute approximate surface area is 129 Å². The summed E-state index contributed by atoms with van der Waals surface area (Å²) in [5.41, 5.74) is 3.59. The van der Waals surface area contributed by atoms with Crippen LogP contribution in [-0.4, -0.2) is 31.1 Å². The quantitative estimate of drug-likeness (QED) is 0.761. The highest BCUT2D eigenvalue weighted by Crippen LogP contribution is 2.13. The Kier molecular flexibility index (Phi) is 5.51. The van der Waals surface area contributed by atoms with E-state index in [4.69, 9.17) is 0 Å². The second-order valence-electron chi connectivity index (χ2n) is 4.69. The molecule has 0 amide bonds. The maximum atomic E-state index is 12.2. The van der Waals surface area contributed by atoms with Crippen LogP contribution in [0.3, 0.4) is 0 Å². The van der Waals surface area contributed by atoms with Crippen molar-refractivity contribution in [2.24, 2.45) is 7.05 Å². The summed E-state index contributed by atoms with van der Waals surface area (Å²) in [5, 5.41) is 5.11. The summed E-state index contributed by atoms with van der Waals surface area (Å²) in [6, 6.07) is 1.70. The molecule has 6 nitrogen and oxygen atoms in total. The zero-order valence-electron chi connectivity index (χ0n) is 12.2. The summed E-state index contributed by atoms with van der Waals surface area (Å²) in [4.78, 5) is 4.43. The van der Waals surface area contributed by atoms with E-state index in [-0.39, 0.29) is 0 Å². The minimum atomic E-state index is -3.46. The highest BCUT2D eigenvalue weighted by Gasteiger charge is 2.17. The Morgan fingerprint density at radius 2 is 2.24 bits per heavy atom. The number of nitrogens with zero attached hydrogens (tertiary/aromatic N) is 2. The van der Waals surface area contributed by atoms with Gasteiger partial charge in [-0.25, -0.2) is 18.1 Å². The molecule has 21 heavy (non-hydrogen) atoms. The molecule has 0 aliphatic rings. The van der Waals surface area contributed by atoms with Crippen molar-refractivity contribution in [3.05, 3.63) is 34.5 Å². The molecule has 0 aliphatic heterocycles. The maximum Gasteiger partial charge on any atom is 0.242 e. The largest absolute Gasteiger partial charge is 0.352 e. The van der Waals surface area contributed by atoms with Crippen molar-refractivity contribution in [2.45, 2.75) is 24.8 Å². The first-order valence-corrected chi connectivity index (χ1v) is 9.18. The van der Waals surface area contributed by atoms with Crippen molar-refractivity contribution in [3.8, 4) is 0 Å². The van der Waals surface area contributed by atoms with Crippen LogP contribution < -0.4 is 10.0 Å². The third-order valence-electron chi connectivity index (χ3n) is 3.11. The summed E-state index contributed by atoms with van der Waals surface area (Å²) in [6.45, 7) is 3.87. The second kappa shape index (κ2) is 7.17. The second-order valence-corrected chi connectivity index (χ2v) is 7.17. The van der Waals surface area contributed by atoms with Gasteiger partial charge in [0.2, 0.25) is 10.0 Å². The first-order valence-electron chi connectivity index (χ1n) is 6.75. The molecule has 0 atom stereocenters. The minimum Gasteiger partial charge on any atom is -0.352 e. The summed E-state index contributed by atoms with van der Waals surface area (Å²) in [7, 11) is -1.62. The number of aromatic nitrogens is 2. The molecule has 2 aromatic rings. The van der Waals surface area contributed by atoms with E-state index in [0.29, 0.717) is 24.4 Å². The number of rotatable bonds is 8. The van der Waals surface area contributed by atoms with Crippen LogP contribution in [0.4, 0.5) is 0 Å². The molecule has 0 unspecified atom stereocenters. The number of nitrogens with one attached hydrogen (secondary N) is 2. The third kappa shape index (κ3) is 4.37. The molecule has 8 heteroatoms. The van der Waals surface area contributed by atoms with Crippen LogP contribution in [-0.2, 0) is 30.0 Å². The Morgan fingerprint density at radius 1 is 1.43 bits per heavy atom. The van der Waals surface area contributed by atoms with Crippen molar-refractivity contribution in [1.29, 1.82) is 0 Å². The average molecular weight is 328 g/mol. The van der Waals surface area contributed by atoms with Gasteiger partial charge in [-0.15, -0.1) is 11.3 Å². The highest BCUT2D eigenvalue weighted by molar-refractivity contribution is 7.89. The average Bonchev–Trinajstić information content (AvgIpc) is 3.06. The zero-order valence-corrected chi connectivity index (χ0v) is 13.8. The SMILES string of the molecule is CCNCc1cc(S(=O)(=O)NCCc2cscn2)cn1C. The summed E-state index contributed by atoms with van der Waals surface area (Å²) >= 11 is 1.51. The van der Waals surface area contributed by atoms with Crippen LogP contribution in [0.5, 0.6) is 0 Å².